The molecule has 1 aliphatic heterocycles. The van der Waals surface area contributed by atoms with Crippen molar-refractivity contribution in [3.8, 4) is 0 Å². The fourth-order valence-corrected chi connectivity index (χ4v) is 6.12. The first kappa shape index (κ1) is 31.1. The topological polar surface area (TPSA) is 154 Å². The van der Waals surface area contributed by atoms with Crippen LogP contribution < -0.4 is 21.3 Å². The summed E-state index contributed by atoms with van der Waals surface area (Å²) in [6.07, 6.45) is 3.43. The molecular formula is C31H38N4O6S. The third-order valence-corrected chi connectivity index (χ3v) is 8.68. The third-order valence-electron chi connectivity index (χ3n) is 7.78. The summed E-state index contributed by atoms with van der Waals surface area (Å²) in [6, 6.07) is 12.6. The Hall–Kier alpha value is -3.86. The highest BCUT2D eigenvalue weighted by atomic mass is 32.2. The van der Waals surface area contributed by atoms with E-state index >= 15 is 0 Å². The minimum absolute atomic E-state index is 0.0583. The Morgan fingerprint density at radius 2 is 1.60 bits per heavy atom. The number of carbonyl (C=O) groups is 5. The van der Waals surface area contributed by atoms with E-state index in [1.165, 1.54) is 25.6 Å². The van der Waals surface area contributed by atoms with Crippen molar-refractivity contribution >= 4 is 46.3 Å². The first-order valence-corrected chi connectivity index (χ1v) is 15.3. The van der Waals surface area contributed by atoms with Crippen molar-refractivity contribution < 1.29 is 29.1 Å². The van der Waals surface area contributed by atoms with Crippen molar-refractivity contribution in [2.24, 2.45) is 0 Å². The number of nitrogens with one attached hydrogen (secondary N) is 4. The van der Waals surface area contributed by atoms with Gasteiger partial charge in [0.15, 0.2) is 5.12 Å². The van der Waals surface area contributed by atoms with Crippen LogP contribution in [0.1, 0.15) is 56.2 Å². The number of benzene rings is 2. The Labute approximate surface area is 249 Å². The van der Waals surface area contributed by atoms with Gasteiger partial charge in [0.2, 0.25) is 17.7 Å². The molecule has 1 heterocycles. The average molecular weight is 595 g/mol. The summed E-state index contributed by atoms with van der Waals surface area (Å²) in [4.78, 5) is 63.5. The lowest BCUT2D eigenvalue weighted by Gasteiger charge is -2.32. The Balaban J connectivity index is 1.49. The van der Waals surface area contributed by atoms with Gasteiger partial charge >= 0.3 is 5.97 Å². The molecule has 10 nitrogen and oxygen atoms in total. The van der Waals surface area contributed by atoms with Gasteiger partial charge in [0.1, 0.15) is 23.7 Å². The largest absolute Gasteiger partial charge is 0.480 e. The van der Waals surface area contributed by atoms with Crippen molar-refractivity contribution in [2.45, 2.75) is 82.5 Å². The van der Waals surface area contributed by atoms with Crippen LogP contribution in [0.25, 0.3) is 0 Å². The van der Waals surface area contributed by atoms with Gasteiger partial charge in [-0.2, -0.15) is 0 Å². The van der Waals surface area contributed by atoms with Crippen molar-refractivity contribution in [1.82, 2.24) is 16.0 Å². The predicted octanol–water partition coefficient (Wildman–Crippen LogP) is 2.59. The molecule has 42 heavy (non-hydrogen) atoms. The lowest BCUT2D eigenvalue weighted by atomic mass is 9.92. The molecule has 4 rings (SSSR count). The fourth-order valence-electron chi connectivity index (χ4n) is 5.48. The second-order valence-corrected chi connectivity index (χ2v) is 12.3. The Kier molecular flexibility index (Phi) is 10.3. The molecule has 224 valence electrons. The number of fused-ring (bicyclic) bond motifs is 2. The number of rotatable bonds is 13. The standard InChI is InChI=1S/C31H38N4O6S/c1-19(29(39)40)32-30(41)31(17-22-11-5-6-12-23(22)18-31)35-28(38)25(14-4-3-9-15-42-20(2)36)34-27(37)26-16-21-10-7-8-13-24(21)33-26/h5-8,10-13,19,25-26,33H,3-4,9,14-18H2,1-2H3,(H,32,41)(H,34,37)(H,35,38)(H,39,40)/t19-,25-,26-/m0/s1. The minimum atomic E-state index is -1.40. The number of hydrogen-bond acceptors (Lipinski definition) is 7. The van der Waals surface area contributed by atoms with Crippen LogP contribution in [0.4, 0.5) is 5.69 Å². The quantitative estimate of drug-likeness (QED) is 0.222. The maximum atomic E-state index is 13.9. The molecular weight excluding hydrogens is 556 g/mol. The van der Waals surface area contributed by atoms with Gasteiger partial charge in [-0.15, -0.1) is 0 Å². The highest BCUT2D eigenvalue weighted by Gasteiger charge is 2.46. The zero-order valence-corrected chi connectivity index (χ0v) is 24.7. The van der Waals surface area contributed by atoms with E-state index in [9.17, 15) is 29.1 Å². The van der Waals surface area contributed by atoms with Gasteiger partial charge in [0, 0.05) is 37.6 Å². The average Bonchev–Trinajstić information content (AvgIpc) is 3.56. The number of carboxylic acid groups (broad SMARTS) is 1. The summed E-state index contributed by atoms with van der Waals surface area (Å²) in [5, 5.41) is 21.0. The number of carbonyl (C=O) groups excluding carboxylic acids is 4. The molecule has 2 aromatic rings. The summed E-state index contributed by atoms with van der Waals surface area (Å²) in [5.74, 6) is -1.89. The maximum Gasteiger partial charge on any atom is 0.325 e. The van der Waals surface area contributed by atoms with Gasteiger partial charge in [-0.3, -0.25) is 24.0 Å². The number of unbranched alkanes of at least 4 members (excludes halogenated alkanes) is 2. The van der Waals surface area contributed by atoms with E-state index < -0.39 is 41.4 Å². The summed E-state index contributed by atoms with van der Waals surface area (Å²) >= 11 is 1.26. The second kappa shape index (κ2) is 13.9. The van der Waals surface area contributed by atoms with E-state index in [1.807, 2.05) is 48.5 Å². The molecule has 0 unspecified atom stereocenters. The van der Waals surface area contributed by atoms with Gasteiger partial charge < -0.3 is 26.4 Å². The molecule has 0 aromatic heterocycles. The van der Waals surface area contributed by atoms with E-state index in [0.717, 1.165) is 35.2 Å². The predicted molar refractivity (Wildman–Crippen MR) is 161 cm³/mol. The number of para-hydroxylation sites is 1. The van der Waals surface area contributed by atoms with Crippen LogP contribution >= 0.6 is 11.8 Å². The van der Waals surface area contributed by atoms with Crippen molar-refractivity contribution in [3.05, 3.63) is 65.2 Å². The fraction of sp³-hybridized carbons (Fsp3) is 0.452. The van der Waals surface area contributed by atoms with Gasteiger partial charge in [0.25, 0.3) is 0 Å². The first-order valence-electron chi connectivity index (χ1n) is 14.3. The normalized spacial score (nSPS) is 17.6. The van der Waals surface area contributed by atoms with Gasteiger partial charge in [0.05, 0.1) is 0 Å². The first-order chi connectivity index (χ1) is 20.1. The van der Waals surface area contributed by atoms with Gasteiger partial charge in [-0.05, 0) is 42.5 Å². The molecule has 5 N–H and O–H groups in total. The Morgan fingerprint density at radius 3 is 2.21 bits per heavy atom. The van der Waals surface area contributed by atoms with Crippen LogP contribution in [0.5, 0.6) is 0 Å². The van der Waals surface area contributed by atoms with E-state index in [4.69, 9.17) is 0 Å². The number of hydrogen-bond donors (Lipinski definition) is 5. The van der Waals surface area contributed by atoms with Crippen LogP contribution in [0.2, 0.25) is 0 Å². The zero-order chi connectivity index (χ0) is 30.3. The van der Waals surface area contributed by atoms with Crippen LogP contribution in [-0.2, 0) is 43.2 Å². The smallest absolute Gasteiger partial charge is 0.325 e. The summed E-state index contributed by atoms with van der Waals surface area (Å²) in [6.45, 7) is 2.90. The Bertz CT molecular complexity index is 1300. The van der Waals surface area contributed by atoms with E-state index in [-0.39, 0.29) is 23.9 Å². The molecule has 1 aliphatic carbocycles. The molecule has 2 aliphatic rings. The third kappa shape index (κ3) is 7.70. The lowest BCUT2D eigenvalue weighted by Crippen LogP contribution is -2.64. The zero-order valence-electron chi connectivity index (χ0n) is 23.9. The highest BCUT2D eigenvalue weighted by molar-refractivity contribution is 8.13. The molecule has 0 bridgehead atoms. The molecule has 11 heteroatoms. The summed E-state index contributed by atoms with van der Waals surface area (Å²) in [5.41, 5.74) is 2.30. The summed E-state index contributed by atoms with van der Waals surface area (Å²) in [7, 11) is 0. The molecule has 0 spiro atoms. The van der Waals surface area contributed by atoms with Crippen molar-refractivity contribution in [1.29, 1.82) is 0 Å². The van der Waals surface area contributed by atoms with E-state index in [1.54, 1.807) is 0 Å². The van der Waals surface area contributed by atoms with E-state index in [2.05, 4.69) is 21.3 Å². The molecule has 0 fully saturated rings. The SMILES string of the molecule is CC(=O)SCCCCC[C@H](NC(=O)[C@@H]1Cc2ccccc2N1)C(=O)NC1(C(=O)N[C@@H](C)C(=O)O)Cc2ccccc2C1. The van der Waals surface area contributed by atoms with Crippen molar-refractivity contribution in [2.75, 3.05) is 11.1 Å². The van der Waals surface area contributed by atoms with Gasteiger partial charge in [-0.25, -0.2) is 0 Å². The minimum Gasteiger partial charge on any atom is -0.480 e. The van der Waals surface area contributed by atoms with Crippen LogP contribution in [0, 0.1) is 0 Å². The number of carboxylic acids is 1. The molecule has 3 atom stereocenters. The van der Waals surface area contributed by atoms with Crippen LogP contribution in [0.15, 0.2) is 48.5 Å². The van der Waals surface area contributed by atoms with Crippen LogP contribution in [0.3, 0.4) is 0 Å². The lowest BCUT2D eigenvalue weighted by molar-refractivity contribution is -0.143. The maximum absolute atomic E-state index is 13.9. The molecule has 0 radical (unpaired) electrons. The summed E-state index contributed by atoms with van der Waals surface area (Å²) < 4.78 is 0. The molecule has 2 aromatic carbocycles. The molecule has 0 saturated heterocycles. The number of amides is 3. The number of aliphatic carboxylic acids is 1. The highest BCUT2D eigenvalue weighted by Crippen LogP contribution is 2.31. The van der Waals surface area contributed by atoms with Gasteiger partial charge in [-0.1, -0.05) is 67.1 Å². The molecule has 0 saturated carbocycles. The molecule has 3 amide bonds. The second-order valence-electron chi connectivity index (χ2n) is 11.0. The van der Waals surface area contributed by atoms with E-state index in [0.29, 0.717) is 25.0 Å². The number of anilines is 1. The monoisotopic (exact) mass is 594 g/mol. The Morgan fingerprint density at radius 1 is 0.952 bits per heavy atom. The van der Waals surface area contributed by atoms with Crippen LogP contribution in [-0.4, -0.2) is 63.3 Å². The number of thioether (sulfide) groups is 1. The van der Waals surface area contributed by atoms with Crippen molar-refractivity contribution in [3.63, 3.8) is 0 Å².